The second-order valence-corrected chi connectivity index (χ2v) is 7.97. The van der Waals surface area contributed by atoms with Crippen molar-refractivity contribution in [3.63, 3.8) is 0 Å². The van der Waals surface area contributed by atoms with Gasteiger partial charge in [-0.15, -0.1) is 24.8 Å². The standard InChI is InChI=1S/C25H24N2OS.2ClH/c1-27-18-17-26-23(22-8-4-5-9-24(22)27)16-11-19-7-3-6-10-25(19)29-21-14-12-20(28-2)13-15-21;;/h3-16H,17-18H2,1-2H3;2*1H/b16-11+;;. The van der Waals surface area contributed by atoms with Crippen LogP contribution in [-0.2, 0) is 0 Å². The van der Waals surface area contributed by atoms with E-state index >= 15 is 0 Å². The highest BCUT2D eigenvalue weighted by Crippen LogP contribution is 2.32. The summed E-state index contributed by atoms with van der Waals surface area (Å²) in [6.07, 6.45) is 4.32. The minimum absolute atomic E-state index is 0. The molecule has 0 radical (unpaired) electrons. The predicted octanol–water partition coefficient (Wildman–Crippen LogP) is 6.64. The fourth-order valence-corrected chi connectivity index (χ4v) is 4.27. The van der Waals surface area contributed by atoms with Crippen molar-refractivity contribution in [2.45, 2.75) is 9.79 Å². The zero-order valence-electron chi connectivity index (χ0n) is 17.5. The molecule has 0 spiro atoms. The Bertz CT molecular complexity index is 1050. The van der Waals surface area contributed by atoms with Crippen molar-refractivity contribution in [2.24, 2.45) is 4.99 Å². The highest BCUT2D eigenvalue weighted by molar-refractivity contribution is 7.99. The van der Waals surface area contributed by atoms with E-state index in [1.807, 2.05) is 12.1 Å². The fourth-order valence-electron chi connectivity index (χ4n) is 3.34. The Morgan fingerprint density at radius 3 is 2.39 bits per heavy atom. The molecule has 0 bridgehead atoms. The van der Waals surface area contributed by atoms with E-state index in [4.69, 9.17) is 9.73 Å². The molecule has 1 aliphatic rings. The van der Waals surface area contributed by atoms with Crippen LogP contribution in [0.1, 0.15) is 11.1 Å². The van der Waals surface area contributed by atoms with Crippen LogP contribution in [-0.4, -0.2) is 33.0 Å². The molecule has 1 heterocycles. The first kappa shape index (κ1) is 24.9. The number of likely N-dealkylation sites (N-methyl/N-ethyl adjacent to an activating group) is 1. The molecular formula is C25H26Cl2N2OS. The lowest BCUT2D eigenvalue weighted by molar-refractivity contribution is 0.414. The van der Waals surface area contributed by atoms with Crippen molar-refractivity contribution in [1.29, 1.82) is 0 Å². The molecule has 0 amide bonds. The Morgan fingerprint density at radius 2 is 1.61 bits per heavy atom. The number of nitrogens with zero attached hydrogens (tertiary/aromatic N) is 2. The molecule has 0 aromatic heterocycles. The van der Waals surface area contributed by atoms with Gasteiger partial charge in [0.05, 0.1) is 19.4 Å². The number of benzodiazepines with no additional fused rings is 1. The second kappa shape index (κ2) is 11.8. The van der Waals surface area contributed by atoms with Gasteiger partial charge in [-0.3, -0.25) is 4.99 Å². The number of para-hydroxylation sites is 1. The van der Waals surface area contributed by atoms with Crippen molar-refractivity contribution in [3.8, 4) is 5.75 Å². The van der Waals surface area contributed by atoms with Crippen LogP contribution in [0.25, 0.3) is 6.08 Å². The quantitative estimate of drug-likeness (QED) is 0.415. The largest absolute Gasteiger partial charge is 0.497 e. The maximum Gasteiger partial charge on any atom is 0.118 e. The fraction of sp³-hybridized carbons (Fsp3) is 0.160. The summed E-state index contributed by atoms with van der Waals surface area (Å²) < 4.78 is 5.26. The van der Waals surface area contributed by atoms with E-state index in [0.29, 0.717) is 0 Å². The molecule has 4 rings (SSSR count). The van der Waals surface area contributed by atoms with Gasteiger partial charge in [0.1, 0.15) is 5.75 Å². The summed E-state index contributed by atoms with van der Waals surface area (Å²) in [5.41, 5.74) is 4.64. The van der Waals surface area contributed by atoms with Crippen LogP contribution in [0.2, 0.25) is 0 Å². The zero-order chi connectivity index (χ0) is 20.1. The molecule has 1 aliphatic heterocycles. The summed E-state index contributed by atoms with van der Waals surface area (Å²) in [5, 5.41) is 0. The predicted molar refractivity (Wildman–Crippen MR) is 138 cm³/mol. The Hall–Kier alpha value is -2.40. The minimum atomic E-state index is 0. The van der Waals surface area contributed by atoms with Crippen molar-refractivity contribution in [2.75, 3.05) is 32.1 Å². The summed E-state index contributed by atoms with van der Waals surface area (Å²) >= 11 is 1.76. The Morgan fingerprint density at radius 1 is 0.903 bits per heavy atom. The van der Waals surface area contributed by atoms with Gasteiger partial charge in [0.25, 0.3) is 0 Å². The highest BCUT2D eigenvalue weighted by Gasteiger charge is 2.13. The van der Waals surface area contributed by atoms with E-state index in [1.54, 1.807) is 18.9 Å². The molecule has 3 aromatic carbocycles. The van der Waals surface area contributed by atoms with Crippen LogP contribution in [0.4, 0.5) is 5.69 Å². The molecule has 0 saturated heterocycles. The van der Waals surface area contributed by atoms with Gasteiger partial charge >= 0.3 is 0 Å². The third kappa shape index (κ3) is 6.07. The van der Waals surface area contributed by atoms with Gasteiger partial charge in [-0.1, -0.05) is 54.2 Å². The number of fused-ring (bicyclic) bond motifs is 1. The number of allylic oxidation sites excluding steroid dienone is 1. The molecular weight excluding hydrogens is 447 g/mol. The summed E-state index contributed by atoms with van der Waals surface area (Å²) in [4.78, 5) is 9.50. The highest BCUT2D eigenvalue weighted by atomic mass is 35.5. The molecule has 0 N–H and O–H groups in total. The van der Waals surface area contributed by atoms with Crippen LogP contribution in [0.15, 0.2) is 93.7 Å². The lowest BCUT2D eigenvalue weighted by Gasteiger charge is -2.18. The van der Waals surface area contributed by atoms with E-state index in [0.717, 1.165) is 24.6 Å². The average Bonchev–Trinajstić information content (AvgIpc) is 2.93. The summed E-state index contributed by atoms with van der Waals surface area (Å²) in [5.74, 6) is 0.873. The van der Waals surface area contributed by atoms with E-state index in [-0.39, 0.29) is 24.8 Å². The van der Waals surface area contributed by atoms with Crippen LogP contribution in [0.5, 0.6) is 5.75 Å². The Labute approximate surface area is 201 Å². The average molecular weight is 473 g/mol. The molecule has 0 aliphatic carbocycles. The topological polar surface area (TPSA) is 24.8 Å². The number of hydrogen-bond acceptors (Lipinski definition) is 4. The van der Waals surface area contributed by atoms with E-state index < -0.39 is 0 Å². The molecule has 0 fully saturated rings. The number of methoxy groups -OCH3 is 1. The zero-order valence-corrected chi connectivity index (χ0v) is 20.0. The van der Waals surface area contributed by atoms with Crippen molar-refractivity contribution in [1.82, 2.24) is 0 Å². The molecule has 3 aromatic rings. The van der Waals surface area contributed by atoms with E-state index in [9.17, 15) is 0 Å². The number of rotatable bonds is 5. The lowest BCUT2D eigenvalue weighted by atomic mass is 10.1. The molecule has 6 heteroatoms. The third-order valence-electron chi connectivity index (χ3n) is 4.94. The Balaban J connectivity index is 0.00000171. The molecule has 162 valence electrons. The van der Waals surface area contributed by atoms with Gasteiger partial charge in [0, 0.05) is 34.6 Å². The minimum Gasteiger partial charge on any atom is -0.497 e. The monoisotopic (exact) mass is 472 g/mol. The van der Waals surface area contributed by atoms with Crippen molar-refractivity contribution >= 4 is 54.1 Å². The van der Waals surface area contributed by atoms with Gasteiger partial charge in [-0.2, -0.15) is 0 Å². The molecule has 0 atom stereocenters. The molecule has 0 saturated carbocycles. The summed E-state index contributed by atoms with van der Waals surface area (Å²) in [7, 11) is 3.82. The maximum absolute atomic E-state index is 5.26. The summed E-state index contributed by atoms with van der Waals surface area (Å²) in [6.45, 7) is 1.73. The number of ether oxygens (including phenoxy) is 1. The summed E-state index contributed by atoms with van der Waals surface area (Å²) in [6, 6.07) is 25.1. The molecule has 31 heavy (non-hydrogen) atoms. The van der Waals surface area contributed by atoms with Crippen molar-refractivity contribution in [3.05, 3.63) is 90.0 Å². The van der Waals surface area contributed by atoms with E-state index in [2.05, 4.69) is 84.8 Å². The number of hydrogen-bond donors (Lipinski definition) is 0. The van der Waals surface area contributed by atoms with Gasteiger partial charge in [-0.05, 0) is 48.0 Å². The first-order valence-electron chi connectivity index (χ1n) is 9.68. The van der Waals surface area contributed by atoms with Crippen molar-refractivity contribution < 1.29 is 4.74 Å². The van der Waals surface area contributed by atoms with E-state index in [1.165, 1.54) is 26.6 Å². The second-order valence-electron chi connectivity index (χ2n) is 6.85. The van der Waals surface area contributed by atoms with Gasteiger partial charge in [0.2, 0.25) is 0 Å². The normalized spacial score (nSPS) is 12.8. The van der Waals surface area contributed by atoms with Gasteiger partial charge in [-0.25, -0.2) is 0 Å². The smallest absolute Gasteiger partial charge is 0.118 e. The first-order valence-corrected chi connectivity index (χ1v) is 10.5. The SMILES string of the molecule is COc1ccc(Sc2ccccc2/C=C/C2=NCCN(C)c3ccccc32)cc1.Cl.Cl. The maximum atomic E-state index is 5.26. The van der Waals surface area contributed by atoms with Crippen LogP contribution in [0.3, 0.4) is 0 Å². The number of anilines is 1. The number of aliphatic imine (C=N–C) groups is 1. The molecule has 3 nitrogen and oxygen atoms in total. The van der Waals surface area contributed by atoms with Crippen LogP contribution in [0, 0.1) is 0 Å². The van der Waals surface area contributed by atoms with Crippen LogP contribution < -0.4 is 9.64 Å². The molecule has 0 unspecified atom stereocenters. The number of halogens is 2. The number of benzene rings is 3. The lowest BCUT2D eigenvalue weighted by Crippen LogP contribution is -2.20. The van der Waals surface area contributed by atoms with Gasteiger partial charge < -0.3 is 9.64 Å². The third-order valence-corrected chi connectivity index (χ3v) is 6.04. The first-order chi connectivity index (χ1) is 14.2. The van der Waals surface area contributed by atoms with Crippen LogP contribution >= 0.6 is 36.6 Å². The van der Waals surface area contributed by atoms with Gasteiger partial charge in [0.15, 0.2) is 0 Å². The Kier molecular flexibility index (Phi) is 9.50.